The topological polar surface area (TPSA) is 106 Å². The van der Waals surface area contributed by atoms with Gasteiger partial charge in [0.05, 0.1) is 31.3 Å². The lowest BCUT2D eigenvalue weighted by Gasteiger charge is -2.24. The zero-order chi connectivity index (χ0) is 11.0. The Bertz CT molecular complexity index is 248. The molecular weight excluding hydrogens is 182 g/mol. The van der Waals surface area contributed by atoms with Gasteiger partial charge in [-0.25, -0.2) is 5.84 Å². The molecule has 6 heteroatoms. The van der Waals surface area contributed by atoms with Crippen molar-refractivity contribution in [2.24, 2.45) is 5.84 Å². The van der Waals surface area contributed by atoms with Crippen LogP contribution in [0, 0.1) is 22.7 Å². The van der Waals surface area contributed by atoms with Gasteiger partial charge in [-0.15, -0.1) is 0 Å². The summed E-state index contributed by atoms with van der Waals surface area (Å²) in [5.41, 5.74) is 2.01. The van der Waals surface area contributed by atoms with E-state index in [9.17, 15) is 4.79 Å². The second kappa shape index (κ2) is 6.84. The summed E-state index contributed by atoms with van der Waals surface area (Å²) < 4.78 is 0. The fourth-order valence-electron chi connectivity index (χ4n) is 1.16. The zero-order valence-electron chi connectivity index (χ0n) is 8.03. The van der Waals surface area contributed by atoms with Gasteiger partial charge in [0.25, 0.3) is 5.91 Å². The molecule has 0 aromatic heterocycles. The van der Waals surface area contributed by atoms with Crippen LogP contribution in [0.3, 0.4) is 0 Å². The van der Waals surface area contributed by atoms with Gasteiger partial charge in [0.2, 0.25) is 0 Å². The molecule has 0 aromatic carbocycles. The highest BCUT2D eigenvalue weighted by Gasteiger charge is 2.22. The van der Waals surface area contributed by atoms with E-state index in [1.54, 1.807) is 6.92 Å². The molecule has 14 heavy (non-hydrogen) atoms. The molecule has 0 fully saturated rings. The van der Waals surface area contributed by atoms with Gasteiger partial charge >= 0.3 is 0 Å². The SMILES string of the molecule is CCC(C(=O)NN)N(CC#N)CC#N. The van der Waals surface area contributed by atoms with Gasteiger partial charge in [-0.3, -0.25) is 15.1 Å². The highest BCUT2D eigenvalue weighted by molar-refractivity contribution is 5.81. The van der Waals surface area contributed by atoms with Crippen LogP contribution in [-0.4, -0.2) is 29.9 Å². The number of nitriles is 2. The van der Waals surface area contributed by atoms with Crippen LogP contribution < -0.4 is 11.3 Å². The molecule has 0 spiro atoms. The van der Waals surface area contributed by atoms with Gasteiger partial charge in [0.15, 0.2) is 0 Å². The van der Waals surface area contributed by atoms with Gasteiger partial charge < -0.3 is 0 Å². The lowest BCUT2D eigenvalue weighted by Crippen LogP contribution is -2.49. The largest absolute Gasteiger partial charge is 0.293 e. The number of nitrogens with one attached hydrogen (secondary N) is 1. The van der Waals surface area contributed by atoms with Crippen LogP contribution in [-0.2, 0) is 4.79 Å². The Hall–Kier alpha value is -1.63. The van der Waals surface area contributed by atoms with Gasteiger partial charge in [0, 0.05) is 0 Å². The molecule has 0 aromatic rings. The summed E-state index contributed by atoms with van der Waals surface area (Å²) in [6.45, 7) is 1.88. The number of carbonyl (C=O) groups excluding carboxylic acids is 1. The van der Waals surface area contributed by atoms with Crippen molar-refractivity contribution in [2.75, 3.05) is 13.1 Å². The van der Waals surface area contributed by atoms with Crippen LogP contribution in [0.2, 0.25) is 0 Å². The number of rotatable bonds is 5. The van der Waals surface area contributed by atoms with E-state index in [1.807, 2.05) is 17.6 Å². The first-order chi connectivity index (χ1) is 6.71. The van der Waals surface area contributed by atoms with Crippen LogP contribution >= 0.6 is 0 Å². The molecular formula is C8H13N5O. The first-order valence-corrected chi connectivity index (χ1v) is 4.19. The van der Waals surface area contributed by atoms with Crippen molar-refractivity contribution < 1.29 is 4.79 Å². The van der Waals surface area contributed by atoms with Crippen molar-refractivity contribution in [2.45, 2.75) is 19.4 Å². The van der Waals surface area contributed by atoms with Crippen LogP contribution in [0.4, 0.5) is 0 Å². The Balaban J connectivity index is 4.51. The zero-order valence-corrected chi connectivity index (χ0v) is 8.03. The molecule has 3 N–H and O–H groups in total. The van der Waals surface area contributed by atoms with E-state index in [1.165, 1.54) is 4.90 Å². The molecule has 76 valence electrons. The van der Waals surface area contributed by atoms with E-state index in [0.717, 1.165) is 0 Å². The van der Waals surface area contributed by atoms with Gasteiger partial charge in [0.1, 0.15) is 0 Å². The maximum atomic E-state index is 11.2. The standard InChI is InChI=1S/C8H13N5O/c1-2-7(8(14)12-11)13(5-3-9)6-4-10/h7H,2,5-6,11H2,1H3,(H,12,14). The molecule has 0 bridgehead atoms. The molecule has 0 radical (unpaired) electrons. The first-order valence-electron chi connectivity index (χ1n) is 4.19. The molecule has 6 nitrogen and oxygen atoms in total. The van der Waals surface area contributed by atoms with Crippen molar-refractivity contribution in [3.8, 4) is 12.1 Å². The fraction of sp³-hybridized carbons (Fsp3) is 0.625. The third kappa shape index (κ3) is 3.40. The number of hydrazine groups is 1. The van der Waals surface area contributed by atoms with Crippen molar-refractivity contribution >= 4 is 5.91 Å². The molecule has 0 saturated carbocycles. The van der Waals surface area contributed by atoms with E-state index in [0.29, 0.717) is 6.42 Å². The summed E-state index contributed by atoms with van der Waals surface area (Å²) in [7, 11) is 0. The molecule has 0 aliphatic rings. The van der Waals surface area contributed by atoms with Gasteiger partial charge in [-0.1, -0.05) is 6.92 Å². The average molecular weight is 195 g/mol. The van der Waals surface area contributed by atoms with E-state index in [4.69, 9.17) is 16.4 Å². The maximum absolute atomic E-state index is 11.2. The second-order valence-corrected chi connectivity index (χ2v) is 2.65. The summed E-state index contributed by atoms with van der Waals surface area (Å²) in [6, 6.07) is 3.29. The summed E-state index contributed by atoms with van der Waals surface area (Å²) in [5.74, 6) is 4.61. The second-order valence-electron chi connectivity index (χ2n) is 2.65. The molecule has 0 saturated heterocycles. The average Bonchev–Trinajstić information content (AvgIpc) is 2.19. The number of hydrogen-bond acceptors (Lipinski definition) is 5. The minimum Gasteiger partial charge on any atom is -0.293 e. The van der Waals surface area contributed by atoms with E-state index in [-0.39, 0.29) is 19.0 Å². The van der Waals surface area contributed by atoms with Crippen molar-refractivity contribution in [1.82, 2.24) is 10.3 Å². The quantitative estimate of drug-likeness (QED) is 0.256. The highest BCUT2D eigenvalue weighted by Crippen LogP contribution is 2.02. The Labute approximate surface area is 82.9 Å². The predicted molar refractivity (Wildman–Crippen MR) is 49.2 cm³/mol. The molecule has 0 aliphatic heterocycles. The van der Waals surface area contributed by atoms with Gasteiger partial charge in [-0.2, -0.15) is 10.5 Å². The Morgan fingerprint density at radius 3 is 2.29 bits per heavy atom. The van der Waals surface area contributed by atoms with Crippen LogP contribution in [0.5, 0.6) is 0 Å². The molecule has 0 heterocycles. The summed E-state index contributed by atoms with van der Waals surface area (Å²) in [6.07, 6.45) is 0.506. The predicted octanol–water partition coefficient (Wildman–Crippen LogP) is -0.896. The molecule has 1 atom stereocenters. The molecule has 0 aliphatic carbocycles. The minimum atomic E-state index is -0.515. The minimum absolute atomic E-state index is 0.0412. The number of nitrogens with zero attached hydrogens (tertiary/aromatic N) is 3. The van der Waals surface area contributed by atoms with E-state index < -0.39 is 6.04 Å². The van der Waals surface area contributed by atoms with Crippen LogP contribution in [0.15, 0.2) is 0 Å². The van der Waals surface area contributed by atoms with Gasteiger partial charge in [-0.05, 0) is 6.42 Å². The van der Waals surface area contributed by atoms with E-state index in [2.05, 4.69) is 0 Å². The van der Waals surface area contributed by atoms with Crippen LogP contribution in [0.1, 0.15) is 13.3 Å². The van der Waals surface area contributed by atoms with Crippen LogP contribution in [0.25, 0.3) is 0 Å². The Morgan fingerprint density at radius 2 is 2.00 bits per heavy atom. The van der Waals surface area contributed by atoms with Crippen molar-refractivity contribution in [1.29, 1.82) is 10.5 Å². The van der Waals surface area contributed by atoms with Crippen molar-refractivity contribution in [3.05, 3.63) is 0 Å². The number of amides is 1. The normalized spacial score (nSPS) is 11.5. The fourth-order valence-corrected chi connectivity index (χ4v) is 1.16. The number of nitrogens with two attached hydrogens (primary N) is 1. The third-order valence-corrected chi connectivity index (χ3v) is 1.82. The highest BCUT2D eigenvalue weighted by atomic mass is 16.2. The Kier molecular flexibility index (Phi) is 6.04. The number of carbonyl (C=O) groups is 1. The molecule has 0 rings (SSSR count). The first kappa shape index (κ1) is 12.4. The summed E-state index contributed by atoms with van der Waals surface area (Å²) in [5, 5.41) is 17.0. The summed E-state index contributed by atoms with van der Waals surface area (Å²) >= 11 is 0. The maximum Gasteiger partial charge on any atom is 0.251 e. The monoisotopic (exact) mass is 195 g/mol. The smallest absolute Gasteiger partial charge is 0.251 e. The third-order valence-electron chi connectivity index (χ3n) is 1.82. The van der Waals surface area contributed by atoms with E-state index >= 15 is 0 Å². The summed E-state index contributed by atoms with van der Waals surface area (Å²) in [4.78, 5) is 12.7. The Morgan fingerprint density at radius 1 is 1.50 bits per heavy atom. The molecule has 1 unspecified atom stereocenters. The molecule has 1 amide bonds. The van der Waals surface area contributed by atoms with Crippen molar-refractivity contribution in [3.63, 3.8) is 0 Å². The lowest BCUT2D eigenvalue weighted by molar-refractivity contribution is -0.126. The lowest BCUT2D eigenvalue weighted by atomic mass is 10.2. The number of hydrogen-bond donors (Lipinski definition) is 2.